The molecule has 2 aliphatic heterocycles. The van der Waals surface area contributed by atoms with Crippen LogP contribution in [0.1, 0.15) is 50.3 Å². The fraction of sp³-hybridized carbons (Fsp3) is 0.379. The molecule has 4 rings (SSSR count). The van der Waals surface area contributed by atoms with Crippen LogP contribution < -0.4 is 30.4 Å². The predicted octanol–water partition coefficient (Wildman–Crippen LogP) is 3.31. The Kier molecular flexibility index (Phi) is 10.1. The fourth-order valence-corrected chi connectivity index (χ4v) is 4.94. The van der Waals surface area contributed by atoms with Gasteiger partial charge in [0, 0.05) is 42.2 Å². The van der Waals surface area contributed by atoms with Gasteiger partial charge in [-0.05, 0) is 56.9 Å². The number of amides is 3. The monoisotopic (exact) mass is 594 g/mol. The van der Waals surface area contributed by atoms with Gasteiger partial charge in [-0.25, -0.2) is 15.0 Å². The molecule has 3 amide bonds. The highest BCUT2D eigenvalue weighted by Crippen LogP contribution is 2.34. The van der Waals surface area contributed by atoms with Gasteiger partial charge in [0.1, 0.15) is 0 Å². The number of anilines is 1. The van der Waals surface area contributed by atoms with Crippen molar-refractivity contribution in [1.82, 2.24) is 16.1 Å². The molecule has 2 heterocycles. The van der Waals surface area contributed by atoms with Crippen LogP contribution in [0, 0.1) is 10.1 Å². The van der Waals surface area contributed by atoms with Crippen LogP contribution in [0.3, 0.4) is 0 Å². The average Bonchev–Trinajstić information content (AvgIpc) is 3.00. The molecule has 2 aromatic rings. The first-order valence-electron chi connectivity index (χ1n) is 13.8. The number of nitro groups is 1. The first kappa shape index (κ1) is 30.8. The summed E-state index contributed by atoms with van der Waals surface area (Å²) in [6, 6.07) is 8.12. The number of hydrogen-bond donors (Lipinski definition) is 3. The Morgan fingerprint density at radius 2 is 1.93 bits per heavy atom. The number of urea groups is 1. The summed E-state index contributed by atoms with van der Waals surface area (Å²) in [6.07, 6.45) is 4.58. The van der Waals surface area contributed by atoms with Gasteiger partial charge in [-0.1, -0.05) is 6.07 Å². The molecule has 0 unspecified atom stereocenters. The molecule has 43 heavy (non-hydrogen) atoms. The lowest BCUT2D eigenvalue weighted by Gasteiger charge is -2.29. The summed E-state index contributed by atoms with van der Waals surface area (Å²) in [7, 11) is 1.42. The van der Waals surface area contributed by atoms with Crippen molar-refractivity contribution < 1.29 is 33.5 Å². The van der Waals surface area contributed by atoms with E-state index in [9.17, 15) is 24.5 Å². The number of piperidine rings is 1. The molecule has 2 aromatic carbocycles. The summed E-state index contributed by atoms with van der Waals surface area (Å²) < 4.78 is 16.3. The minimum atomic E-state index is -0.794. The Bertz CT molecular complexity index is 1450. The van der Waals surface area contributed by atoms with Crippen LogP contribution in [0.15, 0.2) is 52.8 Å². The molecule has 228 valence electrons. The van der Waals surface area contributed by atoms with E-state index in [0.29, 0.717) is 16.8 Å². The molecule has 0 aliphatic carbocycles. The maximum Gasteiger partial charge on any atom is 0.338 e. The number of benzene rings is 2. The maximum atomic E-state index is 12.6. The summed E-state index contributed by atoms with van der Waals surface area (Å²) >= 11 is 0. The lowest BCUT2D eigenvalue weighted by Crippen LogP contribution is -2.45. The van der Waals surface area contributed by atoms with E-state index >= 15 is 0 Å². The lowest BCUT2D eigenvalue weighted by molar-refractivity contribution is -0.384. The SMILES string of the molecule is CCOC(=O)C1=C(C)NC(=O)N[C@H]1c1ccc(OCC(=O)N/N=C\c2cc([N+](=O)[O-])ccc2N2CCCCC2)c(OC)c1. The number of carbonyl (C=O) groups is 3. The number of ether oxygens (including phenoxy) is 3. The highest BCUT2D eigenvalue weighted by atomic mass is 16.6. The summed E-state index contributed by atoms with van der Waals surface area (Å²) in [4.78, 5) is 50.3. The minimum Gasteiger partial charge on any atom is -0.493 e. The number of nitrogens with zero attached hydrogens (tertiary/aromatic N) is 3. The molecule has 1 atom stereocenters. The third-order valence-corrected chi connectivity index (χ3v) is 6.96. The highest BCUT2D eigenvalue weighted by Gasteiger charge is 2.32. The Labute approximate surface area is 248 Å². The number of carbonyl (C=O) groups excluding carboxylic acids is 3. The molecule has 1 saturated heterocycles. The molecule has 14 nitrogen and oxygen atoms in total. The predicted molar refractivity (Wildman–Crippen MR) is 157 cm³/mol. The largest absolute Gasteiger partial charge is 0.493 e. The third-order valence-electron chi connectivity index (χ3n) is 6.96. The van der Waals surface area contributed by atoms with Crippen LogP contribution in [-0.2, 0) is 14.3 Å². The smallest absolute Gasteiger partial charge is 0.338 e. The Morgan fingerprint density at radius 1 is 1.16 bits per heavy atom. The maximum absolute atomic E-state index is 12.6. The van der Waals surface area contributed by atoms with Crippen molar-refractivity contribution in [2.75, 3.05) is 38.3 Å². The molecule has 0 bridgehead atoms. The fourth-order valence-electron chi connectivity index (χ4n) is 4.94. The normalized spacial score (nSPS) is 16.8. The summed E-state index contributed by atoms with van der Waals surface area (Å²) in [5, 5.41) is 20.6. The Hall–Kier alpha value is -5.14. The van der Waals surface area contributed by atoms with E-state index in [4.69, 9.17) is 14.2 Å². The second-order valence-electron chi connectivity index (χ2n) is 9.83. The zero-order valence-electron chi connectivity index (χ0n) is 24.2. The Balaban J connectivity index is 1.43. The van der Waals surface area contributed by atoms with E-state index in [-0.39, 0.29) is 29.4 Å². The van der Waals surface area contributed by atoms with E-state index in [1.807, 2.05) is 0 Å². The number of non-ortho nitro benzene ring substituents is 1. The van der Waals surface area contributed by atoms with Gasteiger partial charge in [-0.15, -0.1) is 0 Å². The van der Waals surface area contributed by atoms with Gasteiger partial charge in [0.25, 0.3) is 11.6 Å². The number of allylic oxidation sites excluding steroid dienone is 1. The number of esters is 1. The van der Waals surface area contributed by atoms with E-state index in [0.717, 1.165) is 38.0 Å². The number of hydrazone groups is 1. The number of rotatable bonds is 11. The molecule has 0 spiro atoms. The second kappa shape index (κ2) is 14.2. The lowest BCUT2D eigenvalue weighted by atomic mass is 9.95. The molecule has 1 fully saturated rings. The number of hydrogen-bond acceptors (Lipinski definition) is 10. The summed E-state index contributed by atoms with van der Waals surface area (Å²) in [5.41, 5.74) is 4.81. The van der Waals surface area contributed by atoms with Crippen molar-refractivity contribution in [1.29, 1.82) is 0 Å². The van der Waals surface area contributed by atoms with Gasteiger partial charge in [0.05, 0.1) is 36.5 Å². The third kappa shape index (κ3) is 7.58. The van der Waals surface area contributed by atoms with Crippen molar-refractivity contribution in [3.8, 4) is 11.5 Å². The molecular weight excluding hydrogens is 560 g/mol. The zero-order chi connectivity index (χ0) is 30.9. The molecule has 14 heteroatoms. The minimum absolute atomic E-state index is 0.0727. The van der Waals surface area contributed by atoms with E-state index in [1.54, 1.807) is 38.1 Å². The van der Waals surface area contributed by atoms with Crippen molar-refractivity contribution in [2.24, 2.45) is 5.10 Å². The Morgan fingerprint density at radius 3 is 2.63 bits per heavy atom. The van der Waals surface area contributed by atoms with Crippen LogP contribution in [0.25, 0.3) is 0 Å². The number of methoxy groups -OCH3 is 1. The quantitative estimate of drug-likeness (QED) is 0.153. The molecule has 0 saturated carbocycles. The van der Waals surface area contributed by atoms with Gasteiger partial charge in [-0.2, -0.15) is 5.10 Å². The number of nitro benzene ring substituents is 1. The van der Waals surface area contributed by atoms with Gasteiger partial charge >= 0.3 is 12.0 Å². The molecule has 0 aromatic heterocycles. The molecular formula is C29H34N6O8. The van der Waals surface area contributed by atoms with Crippen molar-refractivity contribution in [3.63, 3.8) is 0 Å². The van der Waals surface area contributed by atoms with Crippen molar-refractivity contribution in [2.45, 2.75) is 39.2 Å². The topological polar surface area (TPSA) is 174 Å². The van der Waals surface area contributed by atoms with Crippen molar-refractivity contribution in [3.05, 3.63) is 68.9 Å². The molecule has 2 aliphatic rings. The number of nitrogens with one attached hydrogen (secondary N) is 3. The van der Waals surface area contributed by atoms with Crippen LogP contribution in [0.5, 0.6) is 11.5 Å². The average molecular weight is 595 g/mol. The van der Waals surface area contributed by atoms with Crippen LogP contribution >= 0.6 is 0 Å². The van der Waals surface area contributed by atoms with E-state index in [1.165, 1.54) is 25.5 Å². The zero-order valence-corrected chi connectivity index (χ0v) is 24.2. The van der Waals surface area contributed by atoms with Crippen molar-refractivity contribution >= 4 is 35.5 Å². The summed E-state index contributed by atoms with van der Waals surface area (Å²) in [6.45, 7) is 4.74. The first-order chi connectivity index (χ1) is 20.7. The highest BCUT2D eigenvalue weighted by molar-refractivity contribution is 5.95. The van der Waals surface area contributed by atoms with Gasteiger partial charge in [0.15, 0.2) is 18.1 Å². The molecule has 3 N–H and O–H groups in total. The molecule has 0 radical (unpaired) electrons. The van der Waals surface area contributed by atoms with Crippen LogP contribution in [0.4, 0.5) is 16.2 Å². The van der Waals surface area contributed by atoms with E-state index < -0.39 is 35.5 Å². The first-order valence-corrected chi connectivity index (χ1v) is 13.8. The van der Waals surface area contributed by atoms with E-state index in [2.05, 4.69) is 26.1 Å². The summed E-state index contributed by atoms with van der Waals surface area (Å²) in [5.74, 6) is -0.622. The van der Waals surface area contributed by atoms with Crippen LogP contribution in [-0.4, -0.2) is 62.5 Å². The van der Waals surface area contributed by atoms with Gasteiger partial charge < -0.3 is 29.7 Å². The van der Waals surface area contributed by atoms with Gasteiger partial charge in [-0.3, -0.25) is 14.9 Å². The standard InChI is InChI=1S/C29H34N6O8/c1-4-42-28(37)26-18(2)31-29(38)32-27(26)19-8-11-23(24(15-19)41-3)43-17-25(36)33-30-16-20-14-21(35(39)40)9-10-22(20)34-12-6-5-7-13-34/h8-11,14-16,27H,4-7,12-13,17H2,1-3H3,(H,33,36)(H2,31,32,38)/b30-16-/t27-/m0/s1. The van der Waals surface area contributed by atoms with Gasteiger partial charge in [0.2, 0.25) is 0 Å². The second-order valence-corrected chi connectivity index (χ2v) is 9.83. The van der Waals surface area contributed by atoms with Crippen LogP contribution in [0.2, 0.25) is 0 Å².